The standard InChI is InChI=1S/C27H20F4/c1-3-5-20-14-26(30)23(27(31)15-20)13-12-19-8-6-18(7-9-19)10-11-21-16-24(28)22(4-2)25(29)17-21/h6-9,14-17H,3-5H2,1-2H3. The summed E-state index contributed by atoms with van der Waals surface area (Å²) in [4.78, 5) is 0. The molecular weight excluding hydrogens is 400 g/mol. The summed E-state index contributed by atoms with van der Waals surface area (Å²) in [7, 11) is 0. The fourth-order valence-electron chi connectivity index (χ4n) is 3.11. The Bertz CT molecular complexity index is 1170. The number of halogens is 4. The molecule has 0 aliphatic heterocycles. The molecular formula is C27H20F4. The maximum atomic E-state index is 14.2. The van der Waals surface area contributed by atoms with Crippen LogP contribution in [0.5, 0.6) is 0 Å². The number of aryl methyl sites for hydroxylation is 1. The minimum Gasteiger partial charge on any atom is -0.207 e. The Hall–Kier alpha value is -3.50. The van der Waals surface area contributed by atoms with Crippen LogP contribution >= 0.6 is 0 Å². The van der Waals surface area contributed by atoms with Gasteiger partial charge in [-0.2, -0.15) is 0 Å². The molecule has 0 fully saturated rings. The van der Waals surface area contributed by atoms with E-state index in [1.807, 2.05) is 6.92 Å². The van der Waals surface area contributed by atoms with E-state index in [2.05, 4.69) is 23.7 Å². The Morgan fingerprint density at radius 3 is 1.58 bits per heavy atom. The first-order chi connectivity index (χ1) is 14.9. The summed E-state index contributed by atoms with van der Waals surface area (Å²) in [6, 6.07) is 11.7. The smallest absolute Gasteiger partial charge is 0.142 e. The molecule has 0 aromatic heterocycles. The van der Waals surface area contributed by atoms with Crippen molar-refractivity contribution in [2.24, 2.45) is 0 Å². The van der Waals surface area contributed by atoms with Crippen LogP contribution in [0, 0.1) is 47.0 Å². The Balaban J connectivity index is 1.78. The van der Waals surface area contributed by atoms with Crippen molar-refractivity contribution in [1.29, 1.82) is 0 Å². The third-order valence-electron chi connectivity index (χ3n) is 4.70. The Morgan fingerprint density at radius 2 is 1.10 bits per heavy atom. The van der Waals surface area contributed by atoms with Gasteiger partial charge in [0.15, 0.2) is 0 Å². The predicted octanol–water partition coefficient (Wildman–Crippen LogP) is 6.56. The summed E-state index contributed by atoms with van der Waals surface area (Å²) < 4.78 is 56.0. The lowest BCUT2D eigenvalue weighted by molar-refractivity contribution is 0.558. The van der Waals surface area contributed by atoms with Crippen molar-refractivity contribution >= 4 is 0 Å². The number of benzene rings is 3. The summed E-state index contributed by atoms with van der Waals surface area (Å²) >= 11 is 0. The van der Waals surface area contributed by atoms with Gasteiger partial charge in [0.05, 0.1) is 5.56 Å². The monoisotopic (exact) mass is 420 g/mol. The fraction of sp³-hybridized carbons (Fsp3) is 0.185. The third-order valence-corrected chi connectivity index (χ3v) is 4.70. The molecule has 0 amide bonds. The predicted molar refractivity (Wildman–Crippen MR) is 114 cm³/mol. The Kier molecular flexibility index (Phi) is 7.16. The van der Waals surface area contributed by atoms with Crippen molar-refractivity contribution in [3.63, 3.8) is 0 Å². The van der Waals surface area contributed by atoms with Crippen LogP contribution in [0.3, 0.4) is 0 Å². The zero-order chi connectivity index (χ0) is 22.4. The van der Waals surface area contributed by atoms with Crippen LogP contribution in [-0.2, 0) is 12.8 Å². The molecule has 0 spiro atoms. The van der Waals surface area contributed by atoms with Gasteiger partial charge in [0.2, 0.25) is 0 Å². The molecule has 0 heterocycles. The SMILES string of the molecule is CCCc1cc(F)c(C#Cc2ccc(C#Cc3cc(F)c(CC)c(F)c3)cc2)c(F)c1. The molecule has 0 aliphatic carbocycles. The highest BCUT2D eigenvalue weighted by atomic mass is 19.1. The van der Waals surface area contributed by atoms with Crippen LogP contribution in [-0.4, -0.2) is 0 Å². The van der Waals surface area contributed by atoms with Crippen LogP contribution in [0.15, 0.2) is 48.5 Å². The van der Waals surface area contributed by atoms with Crippen LogP contribution < -0.4 is 0 Å². The van der Waals surface area contributed by atoms with Crippen molar-refractivity contribution in [3.05, 3.63) is 105 Å². The summed E-state index contributed by atoms with van der Waals surface area (Å²) in [5.41, 5.74) is 1.81. The van der Waals surface area contributed by atoms with Crippen LogP contribution in [0.4, 0.5) is 17.6 Å². The lowest BCUT2D eigenvalue weighted by Gasteiger charge is -2.02. The van der Waals surface area contributed by atoms with Gasteiger partial charge < -0.3 is 0 Å². The van der Waals surface area contributed by atoms with E-state index >= 15 is 0 Å². The Morgan fingerprint density at radius 1 is 0.613 bits per heavy atom. The zero-order valence-corrected chi connectivity index (χ0v) is 17.3. The number of rotatable bonds is 3. The molecule has 0 N–H and O–H groups in total. The van der Waals surface area contributed by atoms with Crippen LogP contribution in [0.2, 0.25) is 0 Å². The molecule has 0 saturated carbocycles. The number of hydrogen-bond acceptors (Lipinski definition) is 0. The van der Waals surface area contributed by atoms with Crippen molar-refractivity contribution in [2.75, 3.05) is 0 Å². The van der Waals surface area contributed by atoms with Gasteiger partial charge >= 0.3 is 0 Å². The van der Waals surface area contributed by atoms with Gasteiger partial charge in [-0.1, -0.05) is 44.0 Å². The van der Waals surface area contributed by atoms with E-state index in [1.54, 1.807) is 31.2 Å². The fourth-order valence-corrected chi connectivity index (χ4v) is 3.11. The molecule has 3 rings (SSSR count). The van der Waals surface area contributed by atoms with Crippen molar-refractivity contribution in [2.45, 2.75) is 33.1 Å². The largest absolute Gasteiger partial charge is 0.207 e. The summed E-state index contributed by atoms with van der Waals surface area (Å²) in [6.07, 6.45) is 1.67. The van der Waals surface area contributed by atoms with Crippen molar-refractivity contribution in [1.82, 2.24) is 0 Å². The number of hydrogen-bond donors (Lipinski definition) is 0. The molecule has 0 nitrogen and oxygen atoms in total. The van der Waals surface area contributed by atoms with E-state index in [1.165, 1.54) is 24.3 Å². The third kappa shape index (κ3) is 5.56. The van der Waals surface area contributed by atoms with Crippen LogP contribution in [0.25, 0.3) is 0 Å². The normalized spacial score (nSPS) is 10.1. The average molecular weight is 420 g/mol. The molecule has 0 unspecified atom stereocenters. The molecule has 0 saturated heterocycles. The van der Waals surface area contributed by atoms with Gasteiger partial charge in [-0.15, -0.1) is 0 Å². The summed E-state index contributed by atoms with van der Waals surface area (Å²) in [5.74, 6) is 8.30. The molecule has 31 heavy (non-hydrogen) atoms. The average Bonchev–Trinajstić information content (AvgIpc) is 2.72. The maximum Gasteiger partial charge on any atom is 0.142 e. The quantitative estimate of drug-likeness (QED) is 0.333. The molecule has 156 valence electrons. The zero-order valence-electron chi connectivity index (χ0n) is 17.3. The van der Waals surface area contributed by atoms with E-state index in [0.29, 0.717) is 23.1 Å². The lowest BCUT2D eigenvalue weighted by Crippen LogP contribution is -1.95. The second-order valence-electron chi connectivity index (χ2n) is 7.03. The highest BCUT2D eigenvalue weighted by Crippen LogP contribution is 2.17. The first kappa shape index (κ1) is 22.2. The van der Waals surface area contributed by atoms with E-state index in [4.69, 9.17) is 0 Å². The summed E-state index contributed by atoms with van der Waals surface area (Å²) in [5, 5.41) is 0. The van der Waals surface area contributed by atoms with Gasteiger partial charge in [-0.05, 0) is 66.9 Å². The second kappa shape index (κ2) is 10.0. The second-order valence-corrected chi connectivity index (χ2v) is 7.03. The van der Waals surface area contributed by atoms with Gasteiger partial charge in [-0.25, -0.2) is 17.6 Å². The molecule has 4 heteroatoms. The first-order valence-electron chi connectivity index (χ1n) is 10.0. The highest BCUT2D eigenvalue weighted by molar-refractivity contribution is 5.49. The summed E-state index contributed by atoms with van der Waals surface area (Å²) in [6.45, 7) is 3.62. The first-order valence-corrected chi connectivity index (χ1v) is 10.0. The molecule has 0 aliphatic rings. The molecule has 3 aromatic carbocycles. The van der Waals surface area contributed by atoms with Crippen LogP contribution in [0.1, 0.15) is 53.6 Å². The maximum absolute atomic E-state index is 14.2. The van der Waals surface area contributed by atoms with Crippen molar-refractivity contribution in [3.8, 4) is 23.7 Å². The molecule has 3 aromatic rings. The van der Waals surface area contributed by atoms with Gasteiger partial charge in [0, 0.05) is 22.3 Å². The Labute approximate surface area is 179 Å². The minimum absolute atomic E-state index is 0.0429. The molecule has 0 radical (unpaired) electrons. The van der Waals surface area contributed by atoms with Gasteiger partial charge in [0.25, 0.3) is 0 Å². The minimum atomic E-state index is -0.674. The topological polar surface area (TPSA) is 0 Å². The highest BCUT2D eigenvalue weighted by Gasteiger charge is 2.09. The molecule has 0 bridgehead atoms. The molecule has 0 atom stereocenters. The van der Waals surface area contributed by atoms with E-state index in [0.717, 1.165) is 6.42 Å². The van der Waals surface area contributed by atoms with E-state index in [-0.39, 0.29) is 23.1 Å². The van der Waals surface area contributed by atoms with Gasteiger partial charge in [-0.3, -0.25) is 0 Å². The van der Waals surface area contributed by atoms with Crippen molar-refractivity contribution < 1.29 is 17.6 Å². The lowest BCUT2D eigenvalue weighted by atomic mass is 10.1. The van der Waals surface area contributed by atoms with E-state index < -0.39 is 23.3 Å². The van der Waals surface area contributed by atoms with Gasteiger partial charge in [0.1, 0.15) is 23.3 Å². The van der Waals surface area contributed by atoms with E-state index in [9.17, 15) is 17.6 Å².